The highest BCUT2D eigenvalue weighted by atomic mass is 16.3. The Morgan fingerprint density at radius 2 is 1.35 bits per heavy atom. The van der Waals surface area contributed by atoms with Gasteiger partial charge < -0.3 is 14.2 Å². The first-order chi connectivity index (χ1) is 15.2. The highest BCUT2D eigenvalue weighted by Gasteiger charge is 2.22. The lowest BCUT2D eigenvalue weighted by Gasteiger charge is -2.20. The molecule has 0 aliphatic heterocycles. The van der Waals surface area contributed by atoms with Gasteiger partial charge in [-0.1, -0.05) is 48.0 Å². The summed E-state index contributed by atoms with van der Waals surface area (Å²) in [6.45, 7) is 3.40. The predicted octanol–water partition coefficient (Wildman–Crippen LogP) is 6.00. The number of aryl methyl sites for hydroxylation is 2. The van der Waals surface area contributed by atoms with Gasteiger partial charge in [-0.2, -0.15) is 0 Å². The van der Waals surface area contributed by atoms with E-state index < -0.39 is 6.10 Å². The number of aliphatic hydroxyl groups is 1. The van der Waals surface area contributed by atoms with E-state index in [4.69, 9.17) is 0 Å². The summed E-state index contributed by atoms with van der Waals surface area (Å²) in [5.41, 5.74) is 7.92. The normalized spacial score (nSPS) is 15.0. The summed E-state index contributed by atoms with van der Waals surface area (Å²) < 4.78 is 4.69. The Balaban J connectivity index is 1.41. The van der Waals surface area contributed by atoms with Crippen molar-refractivity contribution in [2.24, 2.45) is 0 Å². The Morgan fingerprint density at radius 3 is 2.10 bits per heavy atom. The van der Waals surface area contributed by atoms with Crippen molar-refractivity contribution >= 4 is 32.7 Å². The van der Waals surface area contributed by atoms with Crippen LogP contribution in [0.25, 0.3) is 32.7 Å². The van der Waals surface area contributed by atoms with E-state index in [-0.39, 0.29) is 0 Å². The van der Waals surface area contributed by atoms with E-state index in [1.807, 2.05) is 0 Å². The van der Waals surface area contributed by atoms with E-state index >= 15 is 0 Å². The zero-order valence-electron chi connectivity index (χ0n) is 18.0. The van der Waals surface area contributed by atoms with Crippen molar-refractivity contribution in [2.75, 3.05) is 0 Å². The number of para-hydroxylation sites is 2. The van der Waals surface area contributed by atoms with E-state index in [1.54, 1.807) is 0 Å². The fraction of sp³-hybridized carbons (Fsp3) is 0.286. The minimum Gasteiger partial charge on any atom is -0.389 e. The maximum Gasteiger partial charge on any atom is 0.0897 e. The molecule has 0 spiro atoms. The molecule has 5 aromatic rings. The van der Waals surface area contributed by atoms with Crippen molar-refractivity contribution in [1.29, 1.82) is 0 Å². The van der Waals surface area contributed by atoms with Gasteiger partial charge >= 0.3 is 0 Å². The second-order valence-electron chi connectivity index (χ2n) is 9.06. The molecule has 3 aromatic carbocycles. The minimum absolute atomic E-state index is 0.456. The molecule has 0 amide bonds. The molecule has 0 bridgehead atoms. The molecule has 3 heteroatoms. The molecule has 6 rings (SSSR count). The lowest BCUT2D eigenvalue weighted by molar-refractivity contribution is 0.137. The van der Waals surface area contributed by atoms with E-state index in [0.29, 0.717) is 13.1 Å². The number of rotatable bonds is 4. The summed E-state index contributed by atoms with van der Waals surface area (Å²) in [5.74, 6) is 0. The molecular formula is C28H28N2O. The predicted molar refractivity (Wildman–Crippen MR) is 129 cm³/mol. The highest BCUT2D eigenvalue weighted by Crippen LogP contribution is 2.34. The van der Waals surface area contributed by atoms with E-state index in [1.165, 1.54) is 62.4 Å². The molecule has 156 valence electrons. The average Bonchev–Trinajstić information content (AvgIpc) is 3.27. The largest absolute Gasteiger partial charge is 0.389 e. The van der Waals surface area contributed by atoms with E-state index in [9.17, 15) is 5.11 Å². The number of fused-ring (bicyclic) bond motifs is 6. The molecule has 2 heterocycles. The maximum absolute atomic E-state index is 11.3. The van der Waals surface area contributed by atoms with Crippen molar-refractivity contribution in [1.82, 2.24) is 9.13 Å². The molecule has 2 aromatic heterocycles. The van der Waals surface area contributed by atoms with Crippen LogP contribution in [0, 0.1) is 6.92 Å². The van der Waals surface area contributed by atoms with Crippen LogP contribution < -0.4 is 0 Å². The van der Waals surface area contributed by atoms with Gasteiger partial charge in [-0.05, 0) is 62.4 Å². The number of aliphatic hydroxyl groups excluding tert-OH is 1. The number of hydrogen-bond donors (Lipinski definition) is 1. The van der Waals surface area contributed by atoms with Gasteiger partial charge in [0.05, 0.1) is 19.2 Å². The van der Waals surface area contributed by atoms with Crippen LogP contribution in [0.5, 0.6) is 0 Å². The molecule has 1 N–H and O–H groups in total. The second kappa shape index (κ2) is 7.28. The molecule has 0 saturated carbocycles. The lowest BCUT2D eigenvalue weighted by Crippen LogP contribution is -2.23. The van der Waals surface area contributed by atoms with Gasteiger partial charge in [0.1, 0.15) is 0 Å². The number of aromatic nitrogens is 2. The van der Waals surface area contributed by atoms with Crippen LogP contribution in [0.4, 0.5) is 0 Å². The van der Waals surface area contributed by atoms with Gasteiger partial charge in [0.2, 0.25) is 0 Å². The molecule has 31 heavy (non-hydrogen) atoms. The second-order valence-corrected chi connectivity index (χ2v) is 9.06. The van der Waals surface area contributed by atoms with Gasteiger partial charge in [-0.25, -0.2) is 0 Å². The van der Waals surface area contributed by atoms with Crippen molar-refractivity contribution in [3.8, 4) is 0 Å². The third-order valence-corrected chi connectivity index (χ3v) is 7.00. The molecule has 0 radical (unpaired) electrons. The summed E-state index contributed by atoms with van der Waals surface area (Å²) in [5, 5.41) is 15.2. The minimum atomic E-state index is -0.456. The molecule has 1 atom stereocenters. The smallest absolute Gasteiger partial charge is 0.0897 e. The molecule has 1 aliphatic carbocycles. The van der Waals surface area contributed by atoms with Crippen LogP contribution in [-0.4, -0.2) is 20.3 Å². The monoisotopic (exact) mass is 408 g/mol. The van der Waals surface area contributed by atoms with Crippen LogP contribution in [-0.2, 0) is 25.9 Å². The van der Waals surface area contributed by atoms with Crippen molar-refractivity contribution < 1.29 is 5.11 Å². The lowest BCUT2D eigenvalue weighted by atomic mass is 9.95. The van der Waals surface area contributed by atoms with E-state index in [0.717, 1.165) is 12.8 Å². The molecular weight excluding hydrogens is 380 g/mol. The Bertz CT molecular complexity index is 1370. The SMILES string of the molecule is Cc1ccc2c(c1)c1c(n2CC(O)Cn2c3ccccc3c3ccccc32)CCCC1. The fourth-order valence-corrected chi connectivity index (χ4v) is 5.64. The Morgan fingerprint density at radius 1 is 0.742 bits per heavy atom. The first kappa shape index (κ1) is 18.7. The number of nitrogens with zero attached hydrogens (tertiary/aromatic N) is 2. The van der Waals surface area contributed by atoms with E-state index in [2.05, 4.69) is 82.8 Å². The Hall–Kier alpha value is -3.04. The first-order valence-corrected chi connectivity index (χ1v) is 11.5. The van der Waals surface area contributed by atoms with Crippen molar-refractivity contribution in [3.63, 3.8) is 0 Å². The van der Waals surface area contributed by atoms with Crippen LogP contribution in [0.2, 0.25) is 0 Å². The van der Waals surface area contributed by atoms with Crippen molar-refractivity contribution in [3.05, 3.63) is 83.6 Å². The summed E-state index contributed by atoms with van der Waals surface area (Å²) >= 11 is 0. The third-order valence-electron chi connectivity index (χ3n) is 7.00. The maximum atomic E-state index is 11.3. The van der Waals surface area contributed by atoms with Crippen molar-refractivity contribution in [2.45, 2.75) is 51.8 Å². The van der Waals surface area contributed by atoms with Gasteiger partial charge in [0, 0.05) is 38.4 Å². The molecule has 0 fully saturated rings. The van der Waals surface area contributed by atoms with Crippen LogP contribution >= 0.6 is 0 Å². The highest BCUT2D eigenvalue weighted by molar-refractivity contribution is 6.07. The quantitative estimate of drug-likeness (QED) is 0.388. The standard InChI is InChI=1S/C28H28N2O/c1-19-14-15-28-24(16-19)23-10-4-7-13-27(23)30(28)18-20(31)17-29-25-11-5-2-8-21(25)22-9-3-6-12-26(22)29/h2-3,5-6,8-9,11-12,14-16,20,31H,4,7,10,13,17-18H2,1H3. The van der Waals surface area contributed by atoms with Crippen LogP contribution in [0.1, 0.15) is 29.7 Å². The Kier molecular flexibility index (Phi) is 4.39. The first-order valence-electron chi connectivity index (χ1n) is 11.5. The topological polar surface area (TPSA) is 30.1 Å². The summed E-state index contributed by atoms with van der Waals surface area (Å²) in [7, 11) is 0. The average molecular weight is 409 g/mol. The molecule has 3 nitrogen and oxygen atoms in total. The third kappa shape index (κ3) is 2.99. The zero-order valence-corrected chi connectivity index (χ0v) is 18.0. The summed E-state index contributed by atoms with van der Waals surface area (Å²) in [6, 6.07) is 23.8. The summed E-state index contributed by atoms with van der Waals surface area (Å²) in [4.78, 5) is 0. The zero-order chi connectivity index (χ0) is 20.9. The van der Waals surface area contributed by atoms with Gasteiger partial charge in [0.25, 0.3) is 0 Å². The van der Waals surface area contributed by atoms with Gasteiger partial charge in [-0.15, -0.1) is 0 Å². The molecule has 1 aliphatic rings. The molecule has 1 unspecified atom stereocenters. The Labute approximate surface area is 182 Å². The van der Waals surface area contributed by atoms with Gasteiger partial charge in [-0.3, -0.25) is 0 Å². The van der Waals surface area contributed by atoms with Crippen LogP contribution in [0.3, 0.4) is 0 Å². The van der Waals surface area contributed by atoms with Gasteiger partial charge in [0.15, 0.2) is 0 Å². The summed E-state index contributed by atoms with van der Waals surface area (Å²) in [6.07, 6.45) is 4.33. The van der Waals surface area contributed by atoms with Crippen LogP contribution in [0.15, 0.2) is 66.7 Å². The fourth-order valence-electron chi connectivity index (χ4n) is 5.64. The number of benzene rings is 3. The number of hydrogen-bond acceptors (Lipinski definition) is 1. The molecule has 0 saturated heterocycles.